The summed E-state index contributed by atoms with van der Waals surface area (Å²) in [7, 11) is 0. The molecule has 3 aromatic heterocycles. The summed E-state index contributed by atoms with van der Waals surface area (Å²) in [6.07, 6.45) is 1.89. The fourth-order valence-corrected chi connectivity index (χ4v) is 3.21. The second-order valence-corrected chi connectivity index (χ2v) is 8.15. The van der Waals surface area contributed by atoms with Crippen LogP contribution in [0.3, 0.4) is 0 Å². The average Bonchev–Trinajstić information content (AvgIpc) is 3.14. The van der Waals surface area contributed by atoms with Crippen molar-refractivity contribution in [1.29, 1.82) is 0 Å². The van der Waals surface area contributed by atoms with Crippen molar-refractivity contribution in [3.8, 4) is 5.82 Å². The number of aryl methyl sites for hydroxylation is 1. The van der Waals surface area contributed by atoms with Gasteiger partial charge >= 0.3 is 0 Å². The Kier molecular flexibility index (Phi) is 4.70. The van der Waals surface area contributed by atoms with Crippen molar-refractivity contribution in [3.05, 3.63) is 47.9 Å². The number of nitrogens with zero attached hydrogens (tertiary/aromatic N) is 8. The van der Waals surface area contributed by atoms with Gasteiger partial charge in [0.2, 0.25) is 0 Å². The van der Waals surface area contributed by atoms with Gasteiger partial charge < -0.3 is 9.80 Å². The minimum atomic E-state index is 0.0178. The zero-order valence-corrected chi connectivity index (χ0v) is 16.9. The van der Waals surface area contributed by atoms with Gasteiger partial charge in [0.25, 0.3) is 0 Å². The van der Waals surface area contributed by atoms with E-state index in [2.05, 4.69) is 68.2 Å². The van der Waals surface area contributed by atoms with Gasteiger partial charge in [-0.2, -0.15) is 10.2 Å². The molecule has 1 aliphatic heterocycles. The first-order valence-corrected chi connectivity index (χ1v) is 9.61. The zero-order chi connectivity index (χ0) is 19.7. The molecule has 0 radical (unpaired) electrons. The van der Waals surface area contributed by atoms with Crippen molar-refractivity contribution < 1.29 is 0 Å². The van der Waals surface area contributed by atoms with Crippen LogP contribution >= 0.6 is 0 Å². The first kappa shape index (κ1) is 18.3. The molecular formula is C20H26N8. The number of hydrogen-bond acceptors (Lipinski definition) is 7. The average molecular weight is 378 g/mol. The Morgan fingerprint density at radius 1 is 0.714 bits per heavy atom. The van der Waals surface area contributed by atoms with Crippen molar-refractivity contribution in [3.63, 3.8) is 0 Å². The number of hydrogen-bond donors (Lipinski definition) is 0. The highest BCUT2D eigenvalue weighted by atomic mass is 15.4. The Hall–Kier alpha value is -3.03. The molecular weight excluding hydrogens is 352 g/mol. The number of rotatable bonds is 3. The van der Waals surface area contributed by atoms with E-state index in [1.165, 1.54) is 0 Å². The van der Waals surface area contributed by atoms with Gasteiger partial charge in [0, 0.05) is 37.8 Å². The largest absolute Gasteiger partial charge is 0.352 e. The maximum Gasteiger partial charge on any atom is 0.175 e. The molecule has 28 heavy (non-hydrogen) atoms. The lowest BCUT2D eigenvalue weighted by atomic mass is 9.92. The first-order valence-electron chi connectivity index (χ1n) is 9.61. The first-order chi connectivity index (χ1) is 13.4. The molecule has 4 rings (SSSR count). The lowest BCUT2D eigenvalue weighted by molar-refractivity contribution is 0.556. The summed E-state index contributed by atoms with van der Waals surface area (Å²) in [4.78, 5) is 4.52. The van der Waals surface area contributed by atoms with E-state index in [1.54, 1.807) is 4.68 Å². The van der Waals surface area contributed by atoms with Crippen LogP contribution in [-0.2, 0) is 5.41 Å². The highest BCUT2D eigenvalue weighted by Gasteiger charge is 2.21. The molecule has 8 nitrogen and oxygen atoms in total. The molecule has 146 valence electrons. The van der Waals surface area contributed by atoms with E-state index in [-0.39, 0.29) is 5.41 Å². The van der Waals surface area contributed by atoms with Crippen LogP contribution in [0.4, 0.5) is 11.6 Å². The van der Waals surface area contributed by atoms with E-state index in [0.717, 1.165) is 55.0 Å². The molecule has 0 aromatic carbocycles. The lowest BCUT2D eigenvalue weighted by Gasteiger charge is -2.35. The van der Waals surface area contributed by atoms with Gasteiger partial charge in [0.05, 0.1) is 11.4 Å². The van der Waals surface area contributed by atoms with Crippen LogP contribution in [0.25, 0.3) is 5.82 Å². The van der Waals surface area contributed by atoms with Crippen molar-refractivity contribution in [2.75, 3.05) is 36.0 Å². The summed E-state index contributed by atoms with van der Waals surface area (Å²) < 4.78 is 1.74. The molecule has 0 unspecified atom stereocenters. The van der Waals surface area contributed by atoms with Gasteiger partial charge in [-0.3, -0.25) is 0 Å². The van der Waals surface area contributed by atoms with Crippen molar-refractivity contribution in [1.82, 2.24) is 30.2 Å². The predicted octanol–water partition coefficient (Wildman–Crippen LogP) is 2.38. The van der Waals surface area contributed by atoms with Crippen molar-refractivity contribution >= 4 is 11.6 Å². The third-order valence-corrected chi connectivity index (χ3v) is 4.94. The molecule has 1 aliphatic rings. The number of piperazine rings is 1. The molecule has 0 amide bonds. The third-order valence-electron chi connectivity index (χ3n) is 4.94. The van der Waals surface area contributed by atoms with Crippen molar-refractivity contribution in [2.24, 2.45) is 0 Å². The van der Waals surface area contributed by atoms with Crippen LogP contribution in [0.5, 0.6) is 0 Å². The smallest absolute Gasteiger partial charge is 0.175 e. The van der Waals surface area contributed by atoms with Gasteiger partial charge in [0.15, 0.2) is 17.5 Å². The highest BCUT2D eigenvalue weighted by molar-refractivity contribution is 5.45. The maximum atomic E-state index is 4.43. The Bertz CT molecular complexity index is 916. The van der Waals surface area contributed by atoms with Crippen LogP contribution in [0.2, 0.25) is 0 Å². The van der Waals surface area contributed by atoms with Gasteiger partial charge in [-0.15, -0.1) is 15.3 Å². The van der Waals surface area contributed by atoms with Crippen molar-refractivity contribution in [2.45, 2.75) is 33.1 Å². The number of aromatic nitrogens is 6. The second-order valence-electron chi connectivity index (χ2n) is 8.15. The molecule has 8 heteroatoms. The Labute approximate surface area is 165 Å². The van der Waals surface area contributed by atoms with Crippen LogP contribution in [0.15, 0.2) is 36.5 Å². The second kappa shape index (κ2) is 7.18. The number of anilines is 2. The summed E-state index contributed by atoms with van der Waals surface area (Å²) in [6, 6.07) is 10.1. The Morgan fingerprint density at radius 2 is 1.25 bits per heavy atom. The van der Waals surface area contributed by atoms with E-state index in [1.807, 2.05) is 31.3 Å². The Balaban J connectivity index is 1.38. The fraction of sp³-hybridized carbons (Fsp3) is 0.450. The molecule has 0 bridgehead atoms. The maximum absolute atomic E-state index is 4.43. The summed E-state index contributed by atoms with van der Waals surface area (Å²) in [5, 5.41) is 21.9. The predicted molar refractivity (Wildman–Crippen MR) is 109 cm³/mol. The van der Waals surface area contributed by atoms with Gasteiger partial charge in [-0.1, -0.05) is 20.8 Å². The molecule has 0 saturated carbocycles. The summed E-state index contributed by atoms with van der Waals surface area (Å²) in [6.45, 7) is 11.9. The molecule has 1 fully saturated rings. The van der Waals surface area contributed by atoms with E-state index in [4.69, 9.17) is 0 Å². The van der Waals surface area contributed by atoms with Gasteiger partial charge in [-0.25, -0.2) is 4.68 Å². The molecule has 0 atom stereocenters. The molecule has 0 aliphatic carbocycles. The molecule has 3 aromatic rings. The summed E-state index contributed by atoms with van der Waals surface area (Å²) in [5.41, 5.74) is 1.99. The van der Waals surface area contributed by atoms with E-state index >= 15 is 0 Å². The van der Waals surface area contributed by atoms with E-state index in [9.17, 15) is 0 Å². The van der Waals surface area contributed by atoms with Crippen LogP contribution in [-0.4, -0.2) is 56.4 Å². The quantitative estimate of drug-likeness (QED) is 0.692. The summed E-state index contributed by atoms with van der Waals surface area (Å²) in [5.74, 6) is 2.55. The SMILES string of the molecule is Cc1ccn(-c2ccc(N3CCN(c4ccc(C(C)(C)C)nn4)CC3)nn2)n1. The van der Waals surface area contributed by atoms with E-state index < -0.39 is 0 Å². The van der Waals surface area contributed by atoms with Gasteiger partial charge in [-0.05, 0) is 37.3 Å². The monoisotopic (exact) mass is 378 g/mol. The zero-order valence-electron chi connectivity index (χ0n) is 16.9. The molecule has 0 N–H and O–H groups in total. The Morgan fingerprint density at radius 3 is 1.68 bits per heavy atom. The fourth-order valence-electron chi connectivity index (χ4n) is 3.21. The van der Waals surface area contributed by atoms with Gasteiger partial charge in [0.1, 0.15) is 0 Å². The molecule has 0 spiro atoms. The third kappa shape index (κ3) is 3.81. The normalized spacial score (nSPS) is 15.1. The molecule has 4 heterocycles. The van der Waals surface area contributed by atoms with Crippen LogP contribution in [0.1, 0.15) is 32.2 Å². The minimum Gasteiger partial charge on any atom is -0.352 e. The molecule has 1 saturated heterocycles. The van der Waals surface area contributed by atoms with Crippen LogP contribution < -0.4 is 9.80 Å². The van der Waals surface area contributed by atoms with E-state index in [0.29, 0.717) is 0 Å². The van der Waals surface area contributed by atoms with Crippen LogP contribution in [0, 0.1) is 6.92 Å². The highest BCUT2D eigenvalue weighted by Crippen LogP contribution is 2.22. The standard InChI is InChI=1S/C20H26N8/c1-15-9-10-28(25-15)19-8-7-18(23-24-19)27-13-11-26(12-14-27)17-6-5-16(21-22-17)20(2,3)4/h5-10H,11-14H2,1-4H3. The minimum absolute atomic E-state index is 0.0178. The summed E-state index contributed by atoms with van der Waals surface area (Å²) >= 11 is 0. The topological polar surface area (TPSA) is 75.9 Å². The lowest BCUT2D eigenvalue weighted by Crippen LogP contribution is -2.47.